The molecule has 0 N–H and O–H groups in total. The average Bonchev–Trinajstić information content (AvgIpc) is 3.60. The number of nitrogens with zero attached hydrogens (tertiary/aromatic N) is 3. The number of hydrogen-bond acceptors (Lipinski definition) is 11. The van der Waals surface area contributed by atoms with Crippen molar-refractivity contribution in [3.63, 3.8) is 0 Å². The number of carbonyl (C=O) groups is 1. The lowest BCUT2D eigenvalue weighted by atomic mass is 9.95. The smallest absolute Gasteiger partial charge is 0.338 e. The van der Waals surface area contributed by atoms with Gasteiger partial charge in [-0.05, 0) is 45.0 Å². The second kappa shape index (κ2) is 13.3. The van der Waals surface area contributed by atoms with Gasteiger partial charge >= 0.3 is 5.97 Å². The van der Waals surface area contributed by atoms with Crippen LogP contribution in [0.4, 0.5) is 5.69 Å². The third-order valence-electron chi connectivity index (χ3n) is 6.90. The first-order valence-electron chi connectivity index (χ1n) is 14.0. The van der Waals surface area contributed by atoms with E-state index in [2.05, 4.69) is 4.99 Å². The maximum absolute atomic E-state index is 14.1. The van der Waals surface area contributed by atoms with E-state index in [1.165, 1.54) is 37.0 Å². The number of fused-ring (bicyclic) bond motifs is 1. The van der Waals surface area contributed by atoms with Crippen molar-refractivity contribution in [2.75, 3.05) is 27.4 Å². The van der Waals surface area contributed by atoms with Crippen LogP contribution in [-0.4, -0.2) is 49.0 Å². The number of rotatable bonds is 11. The zero-order valence-corrected chi connectivity index (χ0v) is 26.1. The van der Waals surface area contributed by atoms with Crippen molar-refractivity contribution >= 4 is 29.1 Å². The molecule has 0 bridgehead atoms. The minimum atomic E-state index is -0.880. The number of para-hydroxylation sites is 1. The Kier molecular flexibility index (Phi) is 9.30. The number of aromatic nitrogens is 1. The number of non-ortho nitro benzene ring substituents is 1. The number of benzene rings is 2. The molecule has 12 nitrogen and oxygen atoms in total. The lowest BCUT2D eigenvalue weighted by Gasteiger charge is -2.27. The Bertz CT molecular complexity index is 1970. The summed E-state index contributed by atoms with van der Waals surface area (Å²) in [7, 11) is 2.97. The van der Waals surface area contributed by atoms with Gasteiger partial charge in [-0.3, -0.25) is 19.5 Å². The number of ether oxygens (including phenoxy) is 4. The highest BCUT2D eigenvalue weighted by Gasteiger charge is 2.35. The molecule has 0 spiro atoms. The number of carbonyl (C=O) groups excluding carboxylic acids is 1. The Balaban J connectivity index is 1.63. The first kappa shape index (κ1) is 31.4. The summed E-state index contributed by atoms with van der Waals surface area (Å²) in [6.07, 6.45) is 1.41. The van der Waals surface area contributed by atoms with Crippen LogP contribution in [0, 0.1) is 10.1 Å². The van der Waals surface area contributed by atoms with E-state index >= 15 is 0 Å². The predicted molar refractivity (Wildman–Crippen MR) is 166 cm³/mol. The van der Waals surface area contributed by atoms with Crippen LogP contribution in [-0.2, 0) is 14.3 Å². The highest BCUT2D eigenvalue weighted by Crippen LogP contribution is 2.37. The van der Waals surface area contributed by atoms with Crippen molar-refractivity contribution < 1.29 is 33.1 Å². The molecule has 0 amide bonds. The van der Waals surface area contributed by atoms with Crippen LogP contribution in [0.25, 0.3) is 17.4 Å². The third kappa shape index (κ3) is 6.44. The quantitative estimate of drug-likeness (QED) is 0.102. The van der Waals surface area contributed by atoms with Crippen molar-refractivity contribution in [1.82, 2.24) is 4.57 Å². The van der Waals surface area contributed by atoms with Crippen LogP contribution in [0.5, 0.6) is 11.5 Å². The summed E-state index contributed by atoms with van der Waals surface area (Å²) in [6, 6.07) is 13.9. The molecule has 2 aromatic heterocycles. The summed E-state index contributed by atoms with van der Waals surface area (Å²) in [5.41, 5.74) is 1.09. The number of furan rings is 1. The van der Waals surface area contributed by atoms with Crippen molar-refractivity contribution in [2.45, 2.75) is 32.9 Å². The van der Waals surface area contributed by atoms with E-state index in [0.717, 1.165) is 11.3 Å². The Morgan fingerprint density at radius 2 is 1.91 bits per heavy atom. The molecule has 0 fully saturated rings. The Hall–Kier alpha value is -5.01. The number of nitro benzene ring substituents is 1. The van der Waals surface area contributed by atoms with E-state index in [1.807, 2.05) is 32.0 Å². The molecule has 5 rings (SSSR count). The maximum Gasteiger partial charge on any atom is 0.338 e. The zero-order valence-electron chi connectivity index (χ0n) is 25.3. The SMILES string of the molecule is COCCOC(=O)C1=C(C)N=c2s/c(=C/c3ccc(-c4cc([N+](=O)[O-])ccc4OC)o3)c(=O)n2[C@@H]1c1ccccc1OC(C)C. The Morgan fingerprint density at radius 1 is 1.13 bits per heavy atom. The standard InChI is InChI=1S/C32H31N3O9S/c1-18(2)43-25-9-7-6-8-22(25)29-28(31(37)42-15-14-40-4)19(3)33-32-34(29)30(36)27(45-32)17-21-11-13-26(44-21)23-16-20(35(38)39)10-12-24(23)41-5/h6-13,16-18,29H,14-15H2,1-5H3/b27-17+/t29-/m1/s1. The summed E-state index contributed by atoms with van der Waals surface area (Å²) < 4.78 is 29.8. The van der Waals surface area contributed by atoms with Crippen LogP contribution < -0.4 is 24.4 Å². The van der Waals surface area contributed by atoms with Crippen molar-refractivity contribution in [1.29, 1.82) is 0 Å². The van der Waals surface area contributed by atoms with Crippen LogP contribution in [0.2, 0.25) is 0 Å². The van der Waals surface area contributed by atoms with Gasteiger partial charge in [-0.25, -0.2) is 9.79 Å². The molecule has 1 aliphatic heterocycles. The Morgan fingerprint density at radius 3 is 2.62 bits per heavy atom. The van der Waals surface area contributed by atoms with E-state index in [0.29, 0.717) is 49.2 Å². The van der Waals surface area contributed by atoms with Gasteiger partial charge in [0.25, 0.3) is 11.2 Å². The highest BCUT2D eigenvalue weighted by atomic mass is 32.1. The topological polar surface area (TPSA) is 145 Å². The molecule has 45 heavy (non-hydrogen) atoms. The molecular formula is C32H31N3O9S. The van der Waals surface area contributed by atoms with Crippen LogP contribution in [0.1, 0.15) is 38.1 Å². The summed E-state index contributed by atoms with van der Waals surface area (Å²) >= 11 is 1.14. The van der Waals surface area contributed by atoms with Crippen molar-refractivity contribution in [3.8, 4) is 22.8 Å². The minimum Gasteiger partial charge on any atom is -0.496 e. The number of esters is 1. The van der Waals surface area contributed by atoms with Crippen LogP contribution in [0.15, 0.2) is 80.1 Å². The fraction of sp³-hybridized carbons (Fsp3) is 0.281. The third-order valence-corrected chi connectivity index (χ3v) is 7.88. The van der Waals surface area contributed by atoms with E-state index in [-0.39, 0.29) is 30.6 Å². The van der Waals surface area contributed by atoms with Gasteiger partial charge < -0.3 is 23.4 Å². The normalized spacial score (nSPS) is 14.7. The summed E-state index contributed by atoms with van der Waals surface area (Å²) in [5.74, 6) is 0.950. The van der Waals surface area contributed by atoms with Gasteiger partial charge in [0.15, 0.2) is 4.80 Å². The van der Waals surface area contributed by atoms with Gasteiger partial charge in [0.05, 0.1) is 46.1 Å². The summed E-state index contributed by atoms with van der Waals surface area (Å²) in [5, 5.41) is 11.4. The second-order valence-corrected chi connectivity index (χ2v) is 11.3. The molecule has 0 aliphatic carbocycles. The maximum atomic E-state index is 14.1. The lowest BCUT2D eigenvalue weighted by molar-refractivity contribution is -0.384. The average molecular weight is 634 g/mol. The zero-order chi connectivity index (χ0) is 32.2. The molecule has 0 radical (unpaired) electrons. The summed E-state index contributed by atoms with van der Waals surface area (Å²) in [6.45, 7) is 5.73. The van der Waals surface area contributed by atoms with E-state index in [9.17, 15) is 19.7 Å². The van der Waals surface area contributed by atoms with Crippen molar-refractivity contribution in [3.05, 3.63) is 107 Å². The predicted octanol–water partition coefficient (Wildman–Crippen LogP) is 4.39. The largest absolute Gasteiger partial charge is 0.496 e. The van der Waals surface area contributed by atoms with Gasteiger partial charge in [0.1, 0.15) is 35.7 Å². The molecule has 4 aromatic rings. The van der Waals surface area contributed by atoms with Crippen LogP contribution >= 0.6 is 11.3 Å². The summed E-state index contributed by atoms with van der Waals surface area (Å²) in [4.78, 5) is 43.4. The number of allylic oxidation sites excluding steroid dienone is 1. The molecule has 1 aliphatic rings. The Labute approximate surface area is 261 Å². The molecule has 3 heterocycles. The number of thiazole rings is 1. The van der Waals surface area contributed by atoms with Gasteiger partial charge in [0, 0.05) is 30.9 Å². The van der Waals surface area contributed by atoms with Gasteiger partial charge in [-0.1, -0.05) is 29.5 Å². The molecule has 234 valence electrons. The molecule has 0 saturated carbocycles. The number of hydrogen-bond donors (Lipinski definition) is 0. The molecule has 13 heteroatoms. The molecule has 0 saturated heterocycles. The minimum absolute atomic E-state index is 0.0313. The molecule has 0 unspecified atom stereocenters. The first-order chi connectivity index (χ1) is 21.6. The first-order valence-corrected chi connectivity index (χ1v) is 14.8. The van der Waals surface area contributed by atoms with Crippen molar-refractivity contribution in [2.24, 2.45) is 4.99 Å². The monoisotopic (exact) mass is 633 g/mol. The van der Waals surface area contributed by atoms with Crippen LogP contribution in [0.3, 0.4) is 0 Å². The van der Waals surface area contributed by atoms with Gasteiger partial charge in [-0.15, -0.1) is 0 Å². The fourth-order valence-corrected chi connectivity index (χ4v) is 5.97. The molecule has 2 aromatic carbocycles. The van der Waals surface area contributed by atoms with E-state index in [4.69, 9.17) is 23.4 Å². The molecular weight excluding hydrogens is 602 g/mol. The van der Waals surface area contributed by atoms with E-state index in [1.54, 1.807) is 31.2 Å². The number of methoxy groups -OCH3 is 2. The highest BCUT2D eigenvalue weighted by molar-refractivity contribution is 7.07. The molecule has 1 atom stereocenters. The van der Waals surface area contributed by atoms with E-state index < -0.39 is 22.5 Å². The van der Waals surface area contributed by atoms with Gasteiger partial charge in [-0.2, -0.15) is 0 Å². The number of nitro groups is 1. The van der Waals surface area contributed by atoms with Gasteiger partial charge in [0.2, 0.25) is 0 Å². The second-order valence-electron chi connectivity index (χ2n) is 10.3. The lowest BCUT2D eigenvalue weighted by Crippen LogP contribution is -2.40. The fourth-order valence-electron chi connectivity index (χ4n) is 4.95.